The van der Waals surface area contributed by atoms with Crippen molar-refractivity contribution in [3.05, 3.63) is 102 Å². The summed E-state index contributed by atoms with van der Waals surface area (Å²) in [6.45, 7) is 10.2. The number of esters is 1. The van der Waals surface area contributed by atoms with E-state index in [1.54, 1.807) is 45.9 Å². The number of carbonyl (C=O) groups excluding carboxylic acids is 1. The zero-order chi connectivity index (χ0) is 27.1. The van der Waals surface area contributed by atoms with Crippen molar-refractivity contribution in [1.82, 2.24) is 9.62 Å². The molecule has 0 saturated heterocycles. The molecule has 0 aliphatic rings. The van der Waals surface area contributed by atoms with Crippen LogP contribution in [0.15, 0.2) is 89.8 Å². The standard InChI is InChI=1S/C30H38N2O4S/c1-6-36-29(33)21-28(26-18-13-19-27(20-26)37(34,35)31-30(3,4)5)32(22-24-14-9-7-10-15-24)23(2)25-16-11-8-12-17-25/h7-20,23,28,31H,6,21-22H2,1-5H3/t23-,28+/m1/s1. The number of nitrogens with one attached hydrogen (secondary N) is 1. The van der Waals surface area contributed by atoms with Crippen LogP contribution in [0.5, 0.6) is 0 Å². The Morgan fingerprint density at radius 3 is 2.11 bits per heavy atom. The van der Waals surface area contributed by atoms with Crippen LogP contribution in [0, 0.1) is 0 Å². The Hall–Kier alpha value is -3.00. The van der Waals surface area contributed by atoms with Crippen LogP contribution in [0.4, 0.5) is 0 Å². The molecule has 0 amide bonds. The zero-order valence-corrected chi connectivity index (χ0v) is 23.2. The van der Waals surface area contributed by atoms with Crippen molar-refractivity contribution in [3.63, 3.8) is 0 Å². The number of benzene rings is 3. The minimum absolute atomic E-state index is 0.0613. The Kier molecular flexibility index (Phi) is 9.65. The van der Waals surface area contributed by atoms with E-state index in [-0.39, 0.29) is 29.9 Å². The molecule has 6 nitrogen and oxygen atoms in total. The van der Waals surface area contributed by atoms with Gasteiger partial charge in [0.15, 0.2) is 0 Å². The number of hydrogen-bond donors (Lipinski definition) is 1. The number of carbonyl (C=O) groups is 1. The maximum atomic E-state index is 13.1. The molecule has 0 radical (unpaired) electrons. The SMILES string of the molecule is CCOC(=O)C[C@@H](c1cccc(S(=O)(=O)NC(C)(C)C)c1)N(Cc1ccccc1)[C@H](C)c1ccccc1. The third-order valence-corrected chi connectivity index (χ3v) is 7.80. The summed E-state index contributed by atoms with van der Waals surface area (Å²) in [5.74, 6) is -0.327. The van der Waals surface area contributed by atoms with E-state index in [0.29, 0.717) is 6.54 Å². The molecular formula is C30H38N2O4S. The lowest BCUT2D eigenvalue weighted by molar-refractivity contribution is -0.145. The van der Waals surface area contributed by atoms with E-state index in [1.165, 1.54) is 0 Å². The van der Waals surface area contributed by atoms with Gasteiger partial charge in [0.1, 0.15) is 0 Å². The Labute approximate surface area is 221 Å². The maximum absolute atomic E-state index is 13.1. The molecule has 0 fully saturated rings. The highest BCUT2D eigenvalue weighted by atomic mass is 32.2. The molecular weight excluding hydrogens is 484 g/mol. The normalized spacial score (nSPS) is 13.8. The molecule has 0 aromatic heterocycles. The van der Waals surface area contributed by atoms with Crippen molar-refractivity contribution in [1.29, 1.82) is 0 Å². The molecule has 0 bridgehead atoms. The molecule has 0 heterocycles. The van der Waals surface area contributed by atoms with Gasteiger partial charge in [-0.05, 0) is 63.4 Å². The van der Waals surface area contributed by atoms with Gasteiger partial charge in [-0.15, -0.1) is 0 Å². The van der Waals surface area contributed by atoms with Crippen LogP contribution in [0.1, 0.15) is 69.8 Å². The highest BCUT2D eigenvalue weighted by molar-refractivity contribution is 7.89. The third kappa shape index (κ3) is 8.25. The van der Waals surface area contributed by atoms with Crippen molar-refractivity contribution in [2.75, 3.05) is 6.61 Å². The molecule has 0 unspecified atom stereocenters. The van der Waals surface area contributed by atoms with Crippen LogP contribution < -0.4 is 4.72 Å². The van der Waals surface area contributed by atoms with Gasteiger partial charge in [0.05, 0.1) is 17.9 Å². The summed E-state index contributed by atoms with van der Waals surface area (Å²) in [7, 11) is -3.75. The van der Waals surface area contributed by atoms with Gasteiger partial charge in [-0.25, -0.2) is 13.1 Å². The van der Waals surface area contributed by atoms with Gasteiger partial charge in [-0.2, -0.15) is 0 Å². The first-order valence-electron chi connectivity index (χ1n) is 12.6. The van der Waals surface area contributed by atoms with Crippen molar-refractivity contribution in [2.24, 2.45) is 0 Å². The fourth-order valence-corrected chi connectivity index (χ4v) is 5.86. The molecule has 1 N–H and O–H groups in total. The number of hydrogen-bond acceptors (Lipinski definition) is 5. The van der Waals surface area contributed by atoms with E-state index >= 15 is 0 Å². The van der Waals surface area contributed by atoms with Crippen LogP contribution >= 0.6 is 0 Å². The minimum Gasteiger partial charge on any atom is -0.466 e. The van der Waals surface area contributed by atoms with E-state index in [4.69, 9.17) is 4.74 Å². The third-order valence-electron chi connectivity index (χ3n) is 6.05. The topological polar surface area (TPSA) is 75.7 Å². The fraction of sp³-hybridized carbons (Fsp3) is 0.367. The summed E-state index contributed by atoms with van der Waals surface area (Å²) in [4.78, 5) is 15.2. The molecule has 0 aliphatic heterocycles. The summed E-state index contributed by atoms with van der Waals surface area (Å²) >= 11 is 0. The van der Waals surface area contributed by atoms with Gasteiger partial charge >= 0.3 is 5.97 Å². The lowest BCUT2D eigenvalue weighted by Crippen LogP contribution is -2.40. The Balaban J connectivity index is 2.11. The van der Waals surface area contributed by atoms with E-state index in [1.807, 2.05) is 42.5 Å². The second-order valence-electron chi connectivity index (χ2n) is 10.2. The highest BCUT2D eigenvalue weighted by Gasteiger charge is 2.30. The average Bonchev–Trinajstić information content (AvgIpc) is 2.86. The first-order chi connectivity index (χ1) is 17.5. The predicted octanol–water partition coefficient (Wildman–Crippen LogP) is 6.02. The number of ether oxygens (including phenoxy) is 1. The Bertz CT molecular complexity index is 1260. The summed E-state index contributed by atoms with van der Waals surface area (Å²) in [6.07, 6.45) is 0.0913. The van der Waals surface area contributed by atoms with E-state index in [0.717, 1.165) is 16.7 Å². The van der Waals surface area contributed by atoms with Gasteiger partial charge in [0.25, 0.3) is 0 Å². The van der Waals surface area contributed by atoms with Crippen LogP contribution in [-0.2, 0) is 26.1 Å². The van der Waals surface area contributed by atoms with Crippen LogP contribution in [0.2, 0.25) is 0 Å². The molecule has 7 heteroatoms. The smallest absolute Gasteiger partial charge is 0.307 e. The molecule has 198 valence electrons. The lowest BCUT2D eigenvalue weighted by atomic mass is 9.96. The van der Waals surface area contributed by atoms with Gasteiger partial charge in [-0.3, -0.25) is 9.69 Å². The summed E-state index contributed by atoms with van der Waals surface area (Å²) in [5.41, 5.74) is 2.31. The molecule has 37 heavy (non-hydrogen) atoms. The summed E-state index contributed by atoms with van der Waals surface area (Å²) < 4.78 is 34.4. The van der Waals surface area contributed by atoms with Crippen LogP contribution in [0.3, 0.4) is 0 Å². The minimum atomic E-state index is -3.75. The van der Waals surface area contributed by atoms with Crippen molar-refractivity contribution in [2.45, 2.75) is 70.1 Å². The van der Waals surface area contributed by atoms with Crippen LogP contribution in [-0.4, -0.2) is 31.4 Å². The summed E-state index contributed by atoms with van der Waals surface area (Å²) in [5, 5.41) is 0. The van der Waals surface area contributed by atoms with Gasteiger partial charge in [-0.1, -0.05) is 72.8 Å². The second-order valence-corrected chi connectivity index (χ2v) is 11.9. The predicted molar refractivity (Wildman–Crippen MR) is 147 cm³/mol. The van der Waals surface area contributed by atoms with E-state index in [9.17, 15) is 13.2 Å². The highest BCUT2D eigenvalue weighted by Crippen LogP contribution is 2.35. The van der Waals surface area contributed by atoms with Crippen molar-refractivity contribution < 1.29 is 17.9 Å². The van der Waals surface area contributed by atoms with E-state index < -0.39 is 21.6 Å². The second kappa shape index (κ2) is 12.5. The zero-order valence-electron chi connectivity index (χ0n) is 22.3. The number of nitrogens with zero attached hydrogens (tertiary/aromatic N) is 1. The van der Waals surface area contributed by atoms with Crippen molar-refractivity contribution >= 4 is 16.0 Å². The van der Waals surface area contributed by atoms with Crippen molar-refractivity contribution in [3.8, 4) is 0 Å². The number of rotatable bonds is 11. The molecule has 0 saturated carbocycles. The average molecular weight is 523 g/mol. The van der Waals surface area contributed by atoms with Gasteiger partial charge < -0.3 is 4.74 Å². The quantitative estimate of drug-likeness (QED) is 0.312. The molecule has 3 aromatic rings. The molecule has 3 aromatic carbocycles. The largest absolute Gasteiger partial charge is 0.466 e. The van der Waals surface area contributed by atoms with Gasteiger partial charge in [0, 0.05) is 24.2 Å². The first kappa shape index (κ1) is 28.6. The lowest BCUT2D eigenvalue weighted by Gasteiger charge is -2.37. The fourth-order valence-electron chi connectivity index (χ4n) is 4.39. The Morgan fingerprint density at radius 1 is 0.919 bits per heavy atom. The molecule has 3 rings (SSSR count). The monoisotopic (exact) mass is 522 g/mol. The molecule has 2 atom stereocenters. The molecule has 0 aliphatic carbocycles. The van der Waals surface area contributed by atoms with Crippen LogP contribution in [0.25, 0.3) is 0 Å². The van der Waals surface area contributed by atoms with Gasteiger partial charge in [0.2, 0.25) is 10.0 Å². The first-order valence-corrected chi connectivity index (χ1v) is 14.1. The Morgan fingerprint density at radius 2 is 1.51 bits per heavy atom. The maximum Gasteiger partial charge on any atom is 0.307 e. The summed E-state index contributed by atoms with van der Waals surface area (Å²) in [6, 6.07) is 26.6. The van der Waals surface area contributed by atoms with E-state index in [2.05, 4.69) is 40.8 Å². The molecule has 0 spiro atoms. The number of sulfonamides is 1.